The fourth-order valence-corrected chi connectivity index (χ4v) is 7.72. The average Bonchev–Trinajstić information content (AvgIpc) is 3.53. The summed E-state index contributed by atoms with van der Waals surface area (Å²) in [5.74, 6) is 0. The lowest BCUT2D eigenvalue weighted by molar-refractivity contribution is 1.18. The molecule has 9 rings (SSSR count). The molecular weight excluding hydrogens is 698 g/mol. The topological polar surface area (TPSA) is 11.4 Å². The molecule has 3 nitrogen and oxygen atoms in total. The SMILES string of the molecule is Brc1cc(N(c2ccccc2)c2ccc(-c3ccccc3)cc2)cc(N(c2ccccc2)c2ccc3c(c2)c2ccccc2n3-c2ccccc2)c1. The molecule has 0 saturated carbocycles. The van der Waals surface area contributed by atoms with Crippen LogP contribution in [0, 0.1) is 0 Å². The fourth-order valence-electron chi connectivity index (χ4n) is 7.25. The lowest BCUT2D eigenvalue weighted by Crippen LogP contribution is -2.13. The smallest absolute Gasteiger partial charge is 0.0542 e. The van der Waals surface area contributed by atoms with E-state index in [2.05, 4.69) is 237 Å². The molecule has 0 atom stereocenters. The second-order valence-electron chi connectivity index (χ2n) is 12.8. The summed E-state index contributed by atoms with van der Waals surface area (Å²) in [5.41, 5.74) is 12.3. The van der Waals surface area contributed by atoms with Crippen molar-refractivity contribution >= 4 is 71.9 Å². The molecule has 0 N–H and O–H groups in total. The van der Waals surface area contributed by atoms with Crippen LogP contribution >= 0.6 is 15.9 Å². The van der Waals surface area contributed by atoms with Crippen molar-refractivity contribution < 1.29 is 0 Å². The molecule has 0 bridgehead atoms. The highest BCUT2D eigenvalue weighted by Crippen LogP contribution is 2.44. The number of fused-ring (bicyclic) bond motifs is 3. The van der Waals surface area contributed by atoms with Gasteiger partial charge in [-0.25, -0.2) is 0 Å². The van der Waals surface area contributed by atoms with Gasteiger partial charge in [-0.2, -0.15) is 0 Å². The van der Waals surface area contributed by atoms with Gasteiger partial charge in [-0.05, 0) is 102 Å². The van der Waals surface area contributed by atoms with E-state index in [1.807, 2.05) is 0 Å². The van der Waals surface area contributed by atoms with Crippen molar-refractivity contribution in [1.82, 2.24) is 4.57 Å². The minimum Gasteiger partial charge on any atom is -0.310 e. The predicted molar refractivity (Wildman–Crippen MR) is 223 cm³/mol. The maximum atomic E-state index is 3.93. The maximum Gasteiger partial charge on any atom is 0.0542 e. The van der Waals surface area contributed by atoms with Crippen molar-refractivity contribution in [1.29, 1.82) is 0 Å². The summed E-state index contributed by atoms with van der Waals surface area (Å²) in [5, 5.41) is 2.43. The third-order valence-corrected chi connectivity index (χ3v) is 10.0. The summed E-state index contributed by atoms with van der Waals surface area (Å²) in [4.78, 5) is 4.67. The third kappa shape index (κ3) is 5.93. The highest BCUT2D eigenvalue weighted by molar-refractivity contribution is 9.10. The lowest BCUT2D eigenvalue weighted by atomic mass is 10.0. The van der Waals surface area contributed by atoms with Crippen LogP contribution in [0.25, 0.3) is 38.6 Å². The van der Waals surface area contributed by atoms with Crippen LogP contribution in [0.1, 0.15) is 0 Å². The number of benzene rings is 8. The summed E-state index contributed by atoms with van der Waals surface area (Å²) < 4.78 is 3.35. The van der Waals surface area contributed by atoms with Gasteiger partial charge >= 0.3 is 0 Å². The van der Waals surface area contributed by atoms with Crippen molar-refractivity contribution in [2.45, 2.75) is 0 Å². The standard InChI is InChI=1S/C48H34BrN3/c49-37-31-43(50(38-17-7-2-8-18-38)41-27-25-36(26-28-41)35-15-5-1-6-16-35)33-44(32-37)51(39-19-9-3-10-20-39)42-29-30-48-46(34-42)45-23-13-14-24-47(45)52(48)40-21-11-4-12-22-40/h1-34H. The Hall–Kier alpha value is -6.36. The Labute approximate surface area is 312 Å². The van der Waals surface area contributed by atoms with Crippen molar-refractivity contribution in [3.63, 3.8) is 0 Å². The number of halogens is 1. The molecule has 0 unspecified atom stereocenters. The van der Waals surface area contributed by atoms with Crippen LogP contribution < -0.4 is 9.80 Å². The number of rotatable bonds is 8. The number of nitrogens with zero attached hydrogens (tertiary/aromatic N) is 3. The third-order valence-electron chi connectivity index (χ3n) is 9.57. The van der Waals surface area contributed by atoms with E-state index in [1.165, 1.54) is 32.9 Å². The number of anilines is 6. The minimum absolute atomic E-state index is 0.990. The van der Waals surface area contributed by atoms with Gasteiger partial charge in [-0.3, -0.25) is 0 Å². The molecule has 0 spiro atoms. The van der Waals surface area contributed by atoms with Gasteiger partial charge in [0.25, 0.3) is 0 Å². The second-order valence-corrected chi connectivity index (χ2v) is 13.7. The molecule has 8 aromatic carbocycles. The van der Waals surface area contributed by atoms with Gasteiger partial charge in [-0.1, -0.05) is 131 Å². The van der Waals surface area contributed by atoms with Gasteiger partial charge in [-0.15, -0.1) is 0 Å². The lowest BCUT2D eigenvalue weighted by Gasteiger charge is -2.30. The first kappa shape index (κ1) is 31.6. The summed E-state index contributed by atoms with van der Waals surface area (Å²) in [6.45, 7) is 0. The molecule has 0 aliphatic carbocycles. The molecule has 1 heterocycles. The molecule has 0 amide bonds. The predicted octanol–water partition coefficient (Wildman–Crippen LogP) is 14.2. The molecule has 0 aliphatic heterocycles. The first-order valence-corrected chi connectivity index (χ1v) is 18.3. The molecular formula is C48H34BrN3. The van der Waals surface area contributed by atoms with E-state index in [4.69, 9.17) is 0 Å². The highest BCUT2D eigenvalue weighted by Gasteiger charge is 2.20. The number of hydrogen-bond acceptors (Lipinski definition) is 2. The Morgan fingerprint density at radius 1 is 0.327 bits per heavy atom. The van der Waals surface area contributed by atoms with Crippen molar-refractivity contribution in [2.75, 3.05) is 9.80 Å². The van der Waals surface area contributed by atoms with Gasteiger partial charge in [0.05, 0.1) is 11.0 Å². The van der Waals surface area contributed by atoms with E-state index in [1.54, 1.807) is 0 Å². The number of para-hydroxylation sites is 4. The summed E-state index contributed by atoms with van der Waals surface area (Å²) in [6, 6.07) is 73.4. The van der Waals surface area contributed by atoms with Gasteiger partial charge in [0.15, 0.2) is 0 Å². The molecule has 1 aromatic heterocycles. The van der Waals surface area contributed by atoms with Crippen LogP contribution in [0.4, 0.5) is 34.1 Å². The Kier molecular flexibility index (Phi) is 8.36. The van der Waals surface area contributed by atoms with Gasteiger partial charge in [0.2, 0.25) is 0 Å². The molecule has 52 heavy (non-hydrogen) atoms. The Morgan fingerprint density at radius 2 is 0.788 bits per heavy atom. The quantitative estimate of drug-likeness (QED) is 0.154. The molecule has 248 valence electrons. The number of aromatic nitrogens is 1. The van der Waals surface area contributed by atoms with E-state index in [9.17, 15) is 0 Å². The minimum atomic E-state index is 0.990. The fraction of sp³-hybridized carbons (Fsp3) is 0. The van der Waals surface area contributed by atoms with Crippen LogP contribution in [-0.4, -0.2) is 4.57 Å². The summed E-state index contributed by atoms with van der Waals surface area (Å²) in [7, 11) is 0. The Balaban J connectivity index is 1.21. The van der Waals surface area contributed by atoms with Crippen molar-refractivity contribution in [2.24, 2.45) is 0 Å². The van der Waals surface area contributed by atoms with E-state index in [-0.39, 0.29) is 0 Å². The van der Waals surface area contributed by atoms with E-state index in [0.29, 0.717) is 0 Å². The van der Waals surface area contributed by atoms with E-state index < -0.39 is 0 Å². The maximum absolute atomic E-state index is 3.93. The summed E-state index contributed by atoms with van der Waals surface area (Å²) >= 11 is 3.93. The molecule has 0 aliphatic rings. The van der Waals surface area contributed by atoms with E-state index >= 15 is 0 Å². The van der Waals surface area contributed by atoms with Crippen LogP contribution in [0.2, 0.25) is 0 Å². The van der Waals surface area contributed by atoms with Crippen molar-refractivity contribution in [3.8, 4) is 16.8 Å². The molecule has 0 radical (unpaired) electrons. The first-order valence-electron chi connectivity index (χ1n) is 17.5. The van der Waals surface area contributed by atoms with Crippen LogP contribution in [0.3, 0.4) is 0 Å². The molecule has 0 saturated heterocycles. The Morgan fingerprint density at radius 3 is 1.42 bits per heavy atom. The molecule has 4 heteroatoms. The van der Waals surface area contributed by atoms with Crippen molar-refractivity contribution in [3.05, 3.63) is 211 Å². The summed E-state index contributed by atoms with van der Waals surface area (Å²) in [6.07, 6.45) is 0. The second kappa shape index (κ2) is 13.7. The van der Waals surface area contributed by atoms with Crippen LogP contribution in [-0.2, 0) is 0 Å². The first-order chi connectivity index (χ1) is 25.7. The van der Waals surface area contributed by atoms with Gasteiger partial charge < -0.3 is 14.4 Å². The molecule has 9 aromatic rings. The van der Waals surface area contributed by atoms with Crippen LogP contribution in [0.5, 0.6) is 0 Å². The van der Waals surface area contributed by atoms with E-state index in [0.717, 1.165) is 44.3 Å². The largest absolute Gasteiger partial charge is 0.310 e. The zero-order valence-corrected chi connectivity index (χ0v) is 29.9. The zero-order chi connectivity index (χ0) is 34.9. The molecule has 0 fully saturated rings. The van der Waals surface area contributed by atoms with Crippen LogP contribution in [0.15, 0.2) is 211 Å². The zero-order valence-electron chi connectivity index (χ0n) is 28.3. The highest BCUT2D eigenvalue weighted by atomic mass is 79.9. The normalized spacial score (nSPS) is 11.2. The van der Waals surface area contributed by atoms with Gasteiger partial charge in [0.1, 0.15) is 0 Å². The monoisotopic (exact) mass is 731 g/mol. The average molecular weight is 733 g/mol. The number of hydrogen-bond donors (Lipinski definition) is 0. The van der Waals surface area contributed by atoms with Gasteiger partial charge in [0, 0.05) is 55.1 Å². The Bertz CT molecular complexity index is 2620.